The Labute approximate surface area is 106 Å². The maximum absolute atomic E-state index is 12.1. The van der Waals surface area contributed by atoms with Crippen LogP contribution in [-0.2, 0) is 14.3 Å². The Morgan fingerprint density at radius 3 is 3.00 bits per heavy atom. The monoisotopic (exact) mass is 251 g/mol. The average Bonchev–Trinajstić information content (AvgIpc) is 2.77. The number of carbonyl (C=O) groups excluding carboxylic acids is 2. The Balaban J connectivity index is 2.11. The lowest BCUT2D eigenvalue weighted by molar-refractivity contribution is -0.135. The quantitative estimate of drug-likeness (QED) is 0.701. The molecule has 2 atom stereocenters. The Morgan fingerprint density at radius 1 is 1.61 bits per heavy atom. The molecule has 1 aliphatic carbocycles. The lowest BCUT2D eigenvalue weighted by Gasteiger charge is -2.27. The van der Waals surface area contributed by atoms with Crippen molar-refractivity contribution in [2.45, 2.75) is 19.4 Å². The number of carbonyl (C=O) groups is 2. The van der Waals surface area contributed by atoms with Crippen molar-refractivity contribution in [3.8, 4) is 0 Å². The minimum absolute atomic E-state index is 0.146. The van der Waals surface area contributed by atoms with Crippen LogP contribution >= 0.6 is 0 Å². The molecule has 0 fully saturated rings. The molecule has 1 heterocycles. The van der Waals surface area contributed by atoms with Crippen LogP contribution < -0.4 is 5.32 Å². The van der Waals surface area contributed by atoms with E-state index in [1.165, 1.54) is 0 Å². The first kappa shape index (κ1) is 12.8. The fourth-order valence-corrected chi connectivity index (χ4v) is 2.01. The Bertz CT molecular complexity index is 436. The van der Waals surface area contributed by atoms with Gasteiger partial charge in [-0.25, -0.2) is 0 Å². The number of fused-ring (bicyclic) bond motifs is 1. The van der Waals surface area contributed by atoms with Crippen molar-refractivity contribution in [2.24, 2.45) is 11.8 Å². The molecule has 5 nitrogen and oxygen atoms in total. The van der Waals surface area contributed by atoms with E-state index in [1.54, 1.807) is 32.3 Å². The van der Waals surface area contributed by atoms with Crippen molar-refractivity contribution in [3.05, 3.63) is 24.0 Å². The number of allylic oxidation sites excluding steroid dienone is 1. The molecule has 0 bridgehead atoms. The third-order valence-corrected chi connectivity index (χ3v) is 3.16. The summed E-state index contributed by atoms with van der Waals surface area (Å²) in [5.74, 6) is -1.64. The summed E-state index contributed by atoms with van der Waals surface area (Å²) in [5, 5.41) is 11.8. The Hall–Kier alpha value is -1.62. The smallest absolute Gasteiger partial charge is 0.234 e. The first-order valence-electron chi connectivity index (χ1n) is 5.91. The highest BCUT2D eigenvalue weighted by molar-refractivity contribution is 6.06. The molecule has 0 aromatic heterocycles. The summed E-state index contributed by atoms with van der Waals surface area (Å²) in [7, 11) is 0. The predicted octanol–water partition coefficient (Wildman–Crippen LogP) is 0.159. The zero-order chi connectivity index (χ0) is 13.3. The molecule has 0 radical (unpaired) electrons. The highest BCUT2D eigenvalue weighted by Crippen LogP contribution is 2.29. The van der Waals surface area contributed by atoms with Crippen LogP contribution in [0.2, 0.25) is 0 Å². The molecular weight excluding hydrogens is 234 g/mol. The Kier molecular flexibility index (Phi) is 3.26. The molecule has 0 spiro atoms. The van der Waals surface area contributed by atoms with Crippen molar-refractivity contribution < 1.29 is 19.4 Å². The van der Waals surface area contributed by atoms with Crippen LogP contribution in [0.15, 0.2) is 24.0 Å². The predicted molar refractivity (Wildman–Crippen MR) is 64.5 cm³/mol. The van der Waals surface area contributed by atoms with Crippen LogP contribution in [0.4, 0.5) is 0 Å². The van der Waals surface area contributed by atoms with Crippen LogP contribution in [0.25, 0.3) is 0 Å². The minimum Gasteiger partial charge on any atom is -0.500 e. The standard InChI is InChI=1S/C13H17NO4/c1-13(2,7-15)14-12(17)9-4-3-8-5-18-6-10(8)11(9)16/h3-5,9-10,15H,6-7H2,1-2H3,(H,14,17). The third kappa shape index (κ3) is 2.31. The first-order valence-corrected chi connectivity index (χ1v) is 5.91. The van der Waals surface area contributed by atoms with Crippen molar-refractivity contribution >= 4 is 11.7 Å². The summed E-state index contributed by atoms with van der Waals surface area (Å²) >= 11 is 0. The van der Waals surface area contributed by atoms with E-state index in [-0.39, 0.29) is 24.2 Å². The van der Waals surface area contributed by atoms with Gasteiger partial charge in [0.05, 0.1) is 24.3 Å². The number of rotatable bonds is 3. The lowest BCUT2D eigenvalue weighted by Crippen LogP contribution is -2.50. The van der Waals surface area contributed by atoms with Crippen molar-refractivity contribution in [1.29, 1.82) is 0 Å². The van der Waals surface area contributed by atoms with Gasteiger partial charge in [-0.05, 0) is 13.8 Å². The van der Waals surface area contributed by atoms with Gasteiger partial charge < -0.3 is 15.2 Å². The molecule has 2 unspecified atom stereocenters. The number of aliphatic hydroxyl groups excluding tert-OH is 1. The maximum atomic E-state index is 12.1. The molecule has 0 aromatic carbocycles. The summed E-state index contributed by atoms with van der Waals surface area (Å²) in [6.45, 7) is 3.53. The molecule has 18 heavy (non-hydrogen) atoms. The number of ketones is 1. The van der Waals surface area contributed by atoms with Gasteiger partial charge in [-0.1, -0.05) is 12.2 Å². The van der Waals surface area contributed by atoms with E-state index in [2.05, 4.69) is 5.32 Å². The molecule has 2 aliphatic rings. The Morgan fingerprint density at radius 2 is 2.33 bits per heavy atom. The number of nitrogens with one attached hydrogen (secondary N) is 1. The van der Waals surface area contributed by atoms with Crippen LogP contribution in [0.5, 0.6) is 0 Å². The van der Waals surface area contributed by atoms with Crippen LogP contribution in [0, 0.1) is 11.8 Å². The van der Waals surface area contributed by atoms with Gasteiger partial charge in [0.2, 0.25) is 5.91 Å². The molecule has 1 aliphatic heterocycles. The van der Waals surface area contributed by atoms with Crippen molar-refractivity contribution in [1.82, 2.24) is 5.32 Å². The summed E-state index contributed by atoms with van der Waals surface area (Å²) in [4.78, 5) is 24.1. The molecule has 1 amide bonds. The van der Waals surface area contributed by atoms with Crippen LogP contribution in [-0.4, -0.2) is 35.5 Å². The van der Waals surface area contributed by atoms with Gasteiger partial charge in [0, 0.05) is 5.57 Å². The highest BCUT2D eigenvalue weighted by atomic mass is 16.5. The second-order valence-corrected chi connectivity index (χ2v) is 5.27. The normalized spacial score (nSPS) is 26.4. The lowest BCUT2D eigenvalue weighted by atomic mass is 9.82. The number of Topliss-reactive ketones (excluding diaryl/α,β-unsaturated/α-hetero) is 1. The molecule has 0 saturated carbocycles. The second-order valence-electron chi connectivity index (χ2n) is 5.27. The van der Waals surface area contributed by atoms with E-state index in [4.69, 9.17) is 9.84 Å². The summed E-state index contributed by atoms with van der Waals surface area (Å²) in [6.07, 6.45) is 4.91. The third-order valence-electron chi connectivity index (χ3n) is 3.16. The SMILES string of the molecule is CC(C)(CO)NC(=O)C1C=CC2=COCC2C1=O. The maximum Gasteiger partial charge on any atom is 0.234 e. The summed E-state index contributed by atoms with van der Waals surface area (Å²) in [6, 6.07) is 0. The van der Waals surface area contributed by atoms with Gasteiger partial charge in [-0.2, -0.15) is 0 Å². The van der Waals surface area contributed by atoms with Gasteiger partial charge in [-0.15, -0.1) is 0 Å². The largest absolute Gasteiger partial charge is 0.500 e. The summed E-state index contributed by atoms with van der Waals surface area (Å²) < 4.78 is 5.11. The molecule has 98 valence electrons. The zero-order valence-electron chi connectivity index (χ0n) is 10.5. The fraction of sp³-hybridized carbons (Fsp3) is 0.538. The second kappa shape index (κ2) is 4.57. The van der Waals surface area contributed by atoms with E-state index >= 15 is 0 Å². The van der Waals surface area contributed by atoms with Gasteiger partial charge in [0.25, 0.3) is 0 Å². The van der Waals surface area contributed by atoms with Gasteiger partial charge >= 0.3 is 0 Å². The van der Waals surface area contributed by atoms with Crippen LogP contribution in [0.1, 0.15) is 13.8 Å². The molecule has 2 N–H and O–H groups in total. The number of hydrogen-bond acceptors (Lipinski definition) is 4. The van der Waals surface area contributed by atoms with Crippen molar-refractivity contribution in [2.75, 3.05) is 13.2 Å². The number of aliphatic hydroxyl groups is 1. The number of amides is 1. The zero-order valence-corrected chi connectivity index (χ0v) is 10.5. The molecule has 5 heteroatoms. The average molecular weight is 251 g/mol. The number of hydrogen-bond donors (Lipinski definition) is 2. The topological polar surface area (TPSA) is 75.6 Å². The number of ether oxygens (including phenoxy) is 1. The van der Waals surface area contributed by atoms with Gasteiger partial charge in [-0.3, -0.25) is 9.59 Å². The summed E-state index contributed by atoms with van der Waals surface area (Å²) in [5.41, 5.74) is 0.0958. The fourth-order valence-electron chi connectivity index (χ4n) is 2.01. The van der Waals surface area contributed by atoms with E-state index in [1.807, 2.05) is 0 Å². The molecular formula is C13H17NO4. The molecule has 0 saturated heterocycles. The van der Waals surface area contributed by atoms with E-state index in [9.17, 15) is 9.59 Å². The van der Waals surface area contributed by atoms with Crippen LogP contribution in [0.3, 0.4) is 0 Å². The highest BCUT2D eigenvalue weighted by Gasteiger charge is 2.39. The van der Waals surface area contributed by atoms with E-state index in [0.717, 1.165) is 5.57 Å². The van der Waals surface area contributed by atoms with E-state index in [0.29, 0.717) is 6.61 Å². The molecule has 0 aromatic rings. The van der Waals surface area contributed by atoms with Gasteiger partial charge in [0.1, 0.15) is 12.5 Å². The van der Waals surface area contributed by atoms with Crippen molar-refractivity contribution in [3.63, 3.8) is 0 Å². The van der Waals surface area contributed by atoms with E-state index < -0.39 is 11.5 Å². The minimum atomic E-state index is -0.792. The first-order chi connectivity index (χ1) is 8.44. The van der Waals surface area contributed by atoms with Gasteiger partial charge in [0.15, 0.2) is 5.78 Å². The molecule has 2 rings (SSSR count).